The topological polar surface area (TPSA) is 38.8 Å². The summed E-state index contributed by atoms with van der Waals surface area (Å²) in [4.78, 5) is 15.0. The van der Waals surface area contributed by atoms with Crippen LogP contribution in [-0.4, -0.2) is 36.6 Å². The first-order chi connectivity index (χ1) is 12.0. The summed E-state index contributed by atoms with van der Waals surface area (Å²) >= 11 is 0. The lowest BCUT2D eigenvalue weighted by Gasteiger charge is -2.35. The lowest BCUT2D eigenvalue weighted by Crippen LogP contribution is -2.49. The van der Waals surface area contributed by atoms with Crippen LogP contribution in [0.15, 0.2) is 54.6 Å². The van der Waals surface area contributed by atoms with Gasteiger partial charge in [-0.25, -0.2) is 0 Å². The van der Waals surface area contributed by atoms with E-state index in [1.807, 2.05) is 80.3 Å². The average Bonchev–Trinajstić information content (AvgIpc) is 2.66. The van der Waals surface area contributed by atoms with E-state index < -0.39 is 5.41 Å². The summed E-state index contributed by atoms with van der Waals surface area (Å²) in [5.74, 6) is 1.60. The van der Waals surface area contributed by atoms with E-state index >= 15 is 0 Å². The largest absolute Gasteiger partial charge is 0.486 e. The van der Waals surface area contributed by atoms with Crippen molar-refractivity contribution >= 4 is 5.91 Å². The van der Waals surface area contributed by atoms with Crippen LogP contribution in [-0.2, 0) is 10.2 Å². The van der Waals surface area contributed by atoms with Crippen molar-refractivity contribution in [1.29, 1.82) is 0 Å². The van der Waals surface area contributed by atoms with Crippen LogP contribution in [0.3, 0.4) is 0 Å². The first kappa shape index (κ1) is 17.3. The molecule has 2 aromatic carbocycles. The van der Waals surface area contributed by atoms with Gasteiger partial charge in [-0.05, 0) is 38.5 Å². The Hall–Kier alpha value is -2.49. The van der Waals surface area contributed by atoms with Crippen molar-refractivity contribution < 1.29 is 14.3 Å². The summed E-state index contributed by atoms with van der Waals surface area (Å²) in [5.41, 5.74) is 0.439. The van der Waals surface area contributed by atoms with Crippen LogP contribution in [0.5, 0.6) is 11.5 Å². The smallest absolute Gasteiger partial charge is 0.232 e. The Morgan fingerprint density at radius 2 is 1.72 bits per heavy atom. The van der Waals surface area contributed by atoms with Crippen molar-refractivity contribution in [2.45, 2.75) is 32.3 Å². The number of para-hydroxylation sites is 2. The summed E-state index contributed by atoms with van der Waals surface area (Å²) in [5, 5.41) is 0. The van der Waals surface area contributed by atoms with Crippen molar-refractivity contribution in [1.82, 2.24) is 4.90 Å². The number of nitrogens with zero attached hydrogens (tertiary/aromatic N) is 1. The second-order valence-electron chi connectivity index (χ2n) is 6.83. The maximum atomic E-state index is 13.1. The minimum Gasteiger partial charge on any atom is -0.486 e. The van der Waals surface area contributed by atoms with E-state index in [4.69, 9.17) is 9.47 Å². The van der Waals surface area contributed by atoms with Crippen LogP contribution in [0.25, 0.3) is 0 Å². The standard InChI is InChI=1S/C21H25NO3/c1-4-22(20(23)21(2,3)16-10-6-5-7-11-16)14-17-15-24-18-12-8-9-13-19(18)25-17/h5-13,17H,4,14-15H2,1-3H3. The molecule has 0 N–H and O–H groups in total. The molecule has 4 heteroatoms. The zero-order valence-corrected chi connectivity index (χ0v) is 15.1. The van der Waals surface area contributed by atoms with E-state index in [1.165, 1.54) is 0 Å². The van der Waals surface area contributed by atoms with Gasteiger partial charge in [-0.15, -0.1) is 0 Å². The highest BCUT2D eigenvalue weighted by molar-refractivity contribution is 5.87. The van der Waals surface area contributed by atoms with Gasteiger partial charge in [0.15, 0.2) is 17.6 Å². The van der Waals surface area contributed by atoms with Gasteiger partial charge in [-0.3, -0.25) is 4.79 Å². The Morgan fingerprint density at radius 1 is 1.08 bits per heavy atom. The lowest BCUT2D eigenvalue weighted by molar-refractivity contribution is -0.137. The first-order valence-corrected chi connectivity index (χ1v) is 8.75. The van der Waals surface area contributed by atoms with Gasteiger partial charge in [0.1, 0.15) is 6.61 Å². The zero-order chi connectivity index (χ0) is 17.9. The number of carbonyl (C=O) groups excluding carboxylic acids is 1. The van der Waals surface area contributed by atoms with Gasteiger partial charge < -0.3 is 14.4 Å². The Bertz CT molecular complexity index is 727. The molecule has 0 bridgehead atoms. The second kappa shape index (κ2) is 7.18. The van der Waals surface area contributed by atoms with Crippen LogP contribution in [0.1, 0.15) is 26.3 Å². The number of ether oxygens (including phenoxy) is 2. The van der Waals surface area contributed by atoms with Crippen LogP contribution in [0, 0.1) is 0 Å². The van der Waals surface area contributed by atoms with Gasteiger partial charge in [0, 0.05) is 6.54 Å². The summed E-state index contributed by atoms with van der Waals surface area (Å²) in [6.07, 6.45) is -0.162. The number of fused-ring (bicyclic) bond motifs is 1. The van der Waals surface area contributed by atoms with Crippen LogP contribution >= 0.6 is 0 Å². The molecular weight excluding hydrogens is 314 g/mol. The molecule has 1 aliphatic heterocycles. The van der Waals surface area contributed by atoms with Gasteiger partial charge in [0.25, 0.3) is 0 Å². The highest BCUT2D eigenvalue weighted by Gasteiger charge is 2.35. The Morgan fingerprint density at radius 3 is 2.40 bits per heavy atom. The number of likely N-dealkylation sites (N-methyl/N-ethyl adjacent to an activating group) is 1. The Balaban J connectivity index is 1.71. The molecule has 1 amide bonds. The van der Waals surface area contributed by atoms with Crippen molar-refractivity contribution in [3.8, 4) is 11.5 Å². The average molecular weight is 339 g/mol. The molecule has 1 heterocycles. The quantitative estimate of drug-likeness (QED) is 0.834. The van der Waals surface area contributed by atoms with E-state index in [1.54, 1.807) is 0 Å². The summed E-state index contributed by atoms with van der Waals surface area (Å²) in [7, 11) is 0. The number of rotatable bonds is 5. The highest BCUT2D eigenvalue weighted by atomic mass is 16.6. The van der Waals surface area contributed by atoms with Crippen molar-refractivity contribution in [2.75, 3.05) is 19.7 Å². The molecule has 2 aromatic rings. The van der Waals surface area contributed by atoms with Crippen LogP contribution in [0.2, 0.25) is 0 Å². The molecule has 3 rings (SSSR count). The van der Waals surface area contributed by atoms with Crippen molar-refractivity contribution in [3.63, 3.8) is 0 Å². The maximum absolute atomic E-state index is 13.1. The van der Waals surface area contributed by atoms with E-state index in [0.29, 0.717) is 19.7 Å². The summed E-state index contributed by atoms with van der Waals surface area (Å²) in [6, 6.07) is 17.5. The third kappa shape index (κ3) is 3.63. The molecule has 0 aromatic heterocycles. The summed E-state index contributed by atoms with van der Waals surface area (Å²) < 4.78 is 11.8. The van der Waals surface area contributed by atoms with Gasteiger partial charge in [-0.1, -0.05) is 42.5 Å². The molecule has 0 spiro atoms. The number of amides is 1. The van der Waals surface area contributed by atoms with E-state index in [0.717, 1.165) is 17.1 Å². The second-order valence-corrected chi connectivity index (χ2v) is 6.83. The molecule has 1 atom stereocenters. The minimum atomic E-state index is -0.579. The normalized spacial score (nSPS) is 16.4. The molecule has 132 valence electrons. The lowest BCUT2D eigenvalue weighted by atomic mass is 9.83. The molecule has 0 saturated heterocycles. The van der Waals surface area contributed by atoms with Crippen molar-refractivity contribution in [3.05, 3.63) is 60.2 Å². The zero-order valence-electron chi connectivity index (χ0n) is 15.1. The van der Waals surface area contributed by atoms with Crippen LogP contribution < -0.4 is 9.47 Å². The SMILES string of the molecule is CCN(CC1COc2ccccc2O1)C(=O)C(C)(C)c1ccccc1. The number of hydrogen-bond acceptors (Lipinski definition) is 3. The molecule has 0 fully saturated rings. The number of benzene rings is 2. The third-order valence-electron chi connectivity index (χ3n) is 4.69. The molecule has 4 nitrogen and oxygen atoms in total. The molecule has 0 aliphatic carbocycles. The number of carbonyl (C=O) groups is 1. The Labute approximate surface area is 149 Å². The molecule has 0 saturated carbocycles. The monoisotopic (exact) mass is 339 g/mol. The molecule has 1 unspecified atom stereocenters. The predicted molar refractivity (Wildman–Crippen MR) is 98.1 cm³/mol. The fourth-order valence-corrected chi connectivity index (χ4v) is 3.13. The highest BCUT2D eigenvalue weighted by Crippen LogP contribution is 2.31. The van der Waals surface area contributed by atoms with Gasteiger partial charge >= 0.3 is 0 Å². The molecule has 1 aliphatic rings. The first-order valence-electron chi connectivity index (χ1n) is 8.75. The van der Waals surface area contributed by atoms with Gasteiger partial charge in [0.05, 0.1) is 12.0 Å². The van der Waals surface area contributed by atoms with E-state index in [-0.39, 0.29) is 12.0 Å². The van der Waals surface area contributed by atoms with E-state index in [2.05, 4.69) is 0 Å². The van der Waals surface area contributed by atoms with Crippen LogP contribution in [0.4, 0.5) is 0 Å². The van der Waals surface area contributed by atoms with Gasteiger partial charge in [-0.2, -0.15) is 0 Å². The maximum Gasteiger partial charge on any atom is 0.232 e. The van der Waals surface area contributed by atoms with Gasteiger partial charge in [0.2, 0.25) is 5.91 Å². The van der Waals surface area contributed by atoms with E-state index in [9.17, 15) is 4.79 Å². The van der Waals surface area contributed by atoms with Crippen molar-refractivity contribution in [2.24, 2.45) is 0 Å². The Kier molecular flexibility index (Phi) is 4.98. The fourth-order valence-electron chi connectivity index (χ4n) is 3.13. The minimum absolute atomic E-state index is 0.101. The summed E-state index contributed by atoms with van der Waals surface area (Å²) in [6.45, 7) is 7.54. The molecule has 0 radical (unpaired) electrons. The predicted octanol–water partition coefficient (Wildman–Crippen LogP) is 3.65. The molecular formula is C21H25NO3. The molecule has 25 heavy (non-hydrogen) atoms. The third-order valence-corrected chi connectivity index (χ3v) is 4.69. The number of hydrogen-bond donors (Lipinski definition) is 0. The fraction of sp³-hybridized carbons (Fsp3) is 0.381.